The van der Waals surface area contributed by atoms with Crippen molar-refractivity contribution in [3.63, 3.8) is 0 Å². The fraction of sp³-hybridized carbons (Fsp3) is 0.467. The Morgan fingerprint density at radius 2 is 2.00 bits per heavy atom. The highest BCUT2D eigenvalue weighted by Crippen LogP contribution is 2.20. The number of halogens is 1. The van der Waals surface area contributed by atoms with E-state index in [1.807, 2.05) is 4.90 Å². The largest absolute Gasteiger partial charge is 0.342 e. The monoisotopic (exact) mass is 335 g/mol. The van der Waals surface area contributed by atoms with E-state index < -0.39 is 0 Å². The van der Waals surface area contributed by atoms with Crippen molar-refractivity contribution < 1.29 is 9.18 Å². The van der Waals surface area contributed by atoms with Crippen LogP contribution in [0.3, 0.4) is 0 Å². The highest BCUT2D eigenvalue weighted by atomic mass is 32.2. The van der Waals surface area contributed by atoms with Gasteiger partial charge < -0.3 is 4.90 Å². The molecule has 0 aliphatic carbocycles. The summed E-state index contributed by atoms with van der Waals surface area (Å²) < 4.78 is 14.8. The maximum Gasteiger partial charge on any atom is 0.233 e. The lowest BCUT2D eigenvalue weighted by atomic mass is 10.2. The molecule has 0 spiro atoms. The highest BCUT2D eigenvalue weighted by molar-refractivity contribution is 7.99. The number of likely N-dealkylation sites (tertiary alicyclic amines) is 1. The summed E-state index contributed by atoms with van der Waals surface area (Å²) in [7, 11) is 0. The van der Waals surface area contributed by atoms with Crippen LogP contribution >= 0.6 is 11.8 Å². The fourth-order valence-corrected chi connectivity index (χ4v) is 3.37. The molecule has 2 aromatic rings. The van der Waals surface area contributed by atoms with Crippen LogP contribution in [0, 0.1) is 5.82 Å². The molecule has 1 aliphatic rings. The number of tetrazole rings is 1. The summed E-state index contributed by atoms with van der Waals surface area (Å²) in [5.74, 6) is 0.0377. The lowest BCUT2D eigenvalue weighted by Crippen LogP contribution is -2.33. The molecule has 0 bridgehead atoms. The molecule has 1 saturated heterocycles. The predicted octanol–water partition coefficient (Wildman–Crippen LogP) is 2.30. The predicted molar refractivity (Wildman–Crippen MR) is 84.9 cm³/mol. The Bertz CT molecular complexity index is 669. The third-order valence-electron chi connectivity index (χ3n) is 3.78. The summed E-state index contributed by atoms with van der Waals surface area (Å²) in [4.78, 5) is 14.2. The third kappa shape index (κ3) is 4.07. The van der Waals surface area contributed by atoms with Crippen LogP contribution in [-0.2, 0) is 4.79 Å². The van der Waals surface area contributed by atoms with Gasteiger partial charge in [-0.1, -0.05) is 30.7 Å². The number of carbonyl (C=O) groups is 1. The first-order chi connectivity index (χ1) is 11.2. The molecule has 23 heavy (non-hydrogen) atoms. The minimum Gasteiger partial charge on any atom is -0.342 e. The van der Waals surface area contributed by atoms with E-state index in [1.165, 1.54) is 41.4 Å². The van der Waals surface area contributed by atoms with Gasteiger partial charge in [0.1, 0.15) is 5.82 Å². The average Bonchev–Trinajstić information content (AvgIpc) is 2.85. The topological polar surface area (TPSA) is 63.9 Å². The Labute approximate surface area is 138 Å². The summed E-state index contributed by atoms with van der Waals surface area (Å²) >= 11 is 1.28. The quantitative estimate of drug-likeness (QED) is 0.802. The molecule has 1 aromatic carbocycles. The van der Waals surface area contributed by atoms with Gasteiger partial charge in [-0.15, -0.1) is 5.10 Å². The summed E-state index contributed by atoms with van der Waals surface area (Å²) in [5, 5.41) is 11.9. The number of rotatable bonds is 4. The maximum atomic E-state index is 13.3. The van der Waals surface area contributed by atoms with Crippen LogP contribution in [0.5, 0.6) is 0 Å². The second-order valence-electron chi connectivity index (χ2n) is 5.44. The number of hydrogen-bond acceptors (Lipinski definition) is 5. The van der Waals surface area contributed by atoms with E-state index in [0.29, 0.717) is 10.8 Å². The first-order valence-electron chi connectivity index (χ1n) is 7.69. The van der Waals surface area contributed by atoms with Crippen LogP contribution in [0.15, 0.2) is 29.4 Å². The van der Waals surface area contributed by atoms with Crippen LogP contribution < -0.4 is 0 Å². The highest BCUT2D eigenvalue weighted by Gasteiger charge is 2.17. The van der Waals surface area contributed by atoms with Gasteiger partial charge >= 0.3 is 0 Å². The van der Waals surface area contributed by atoms with Gasteiger partial charge in [-0.25, -0.2) is 4.39 Å². The van der Waals surface area contributed by atoms with Gasteiger partial charge in [0.2, 0.25) is 11.1 Å². The molecule has 0 saturated carbocycles. The number of benzene rings is 1. The average molecular weight is 335 g/mol. The molecule has 0 atom stereocenters. The minimum absolute atomic E-state index is 0.102. The van der Waals surface area contributed by atoms with E-state index in [9.17, 15) is 9.18 Å². The zero-order valence-electron chi connectivity index (χ0n) is 12.7. The molecule has 0 N–H and O–H groups in total. The normalized spacial score (nSPS) is 15.4. The molecule has 1 amide bonds. The Hall–Kier alpha value is -1.96. The van der Waals surface area contributed by atoms with E-state index in [-0.39, 0.29) is 17.5 Å². The van der Waals surface area contributed by atoms with Crippen molar-refractivity contribution in [2.75, 3.05) is 18.8 Å². The fourth-order valence-electron chi connectivity index (χ4n) is 2.58. The molecule has 122 valence electrons. The van der Waals surface area contributed by atoms with Crippen LogP contribution in [0.25, 0.3) is 5.69 Å². The van der Waals surface area contributed by atoms with E-state index in [2.05, 4.69) is 15.5 Å². The standard InChI is InChI=1S/C15H18FN5OS/c16-12-6-5-7-13(10-12)21-15(17-18-19-21)23-11-14(22)20-8-3-1-2-4-9-20/h5-7,10H,1-4,8-9,11H2. The zero-order chi connectivity index (χ0) is 16.1. The Morgan fingerprint density at radius 1 is 1.22 bits per heavy atom. The summed E-state index contributed by atoms with van der Waals surface area (Å²) in [5.41, 5.74) is 0.541. The molecule has 0 unspecified atom stereocenters. The molecule has 8 heteroatoms. The second kappa shape index (κ2) is 7.54. The minimum atomic E-state index is -0.352. The molecule has 1 aliphatic heterocycles. The smallest absolute Gasteiger partial charge is 0.233 e. The van der Waals surface area contributed by atoms with E-state index in [0.717, 1.165) is 25.9 Å². The lowest BCUT2D eigenvalue weighted by molar-refractivity contribution is -0.128. The summed E-state index contributed by atoms with van der Waals surface area (Å²) in [6.45, 7) is 1.66. The number of carbonyl (C=O) groups excluding carboxylic acids is 1. The molecule has 1 aromatic heterocycles. The number of thioether (sulfide) groups is 1. The van der Waals surface area contributed by atoms with Gasteiger partial charge in [-0.05, 0) is 41.5 Å². The molecule has 0 radical (unpaired) electrons. The van der Waals surface area contributed by atoms with Gasteiger partial charge in [0.05, 0.1) is 11.4 Å². The first kappa shape index (κ1) is 15.9. The Balaban J connectivity index is 1.65. The molecule has 6 nitrogen and oxygen atoms in total. The number of amides is 1. The van der Waals surface area contributed by atoms with Crippen molar-refractivity contribution in [1.82, 2.24) is 25.1 Å². The van der Waals surface area contributed by atoms with Crippen LogP contribution in [0.2, 0.25) is 0 Å². The van der Waals surface area contributed by atoms with Crippen LogP contribution in [0.1, 0.15) is 25.7 Å². The van der Waals surface area contributed by atoms with Gasteiger partial charge in [-0.3, -0.25) is 4.79 Å². The van der Waals surface area contributed by atoms with Crippen LogP contribution in [-0.4, -0.2) is 49.9 Å². The second-order valence-corrected chi connectivity index (χ2v) is 6.38. The van der Waals surface area contributed by atoms with Gasteiger partial charge in [-0.2, -0.15) is 4.68 Å². The number of hydrogen-bond donors (Lipinski definition) is 0. The molecule has 1 fully saturated rings. The molecule has 2 heterocycles. The van der Waals surface area contributed by atoms with Gasteiger partial charge in [0.15, 0.2) is 0 Å². The van der Waals surface area contributed by atoms with Gasteiger partial charge in [0, 0.05) is 13.1 Å². The van der Waals surface area contributed by atoms with Crippen molar-refractivity contribution in [2.45, 2.75) is 30.8 Å². The van der Waals surface area contributed by atoms with E-state index in [4.69, 9.17) is 0 Å². The van der Waals surface area contributed by atoms with Crippen molar-refractivity contribution >= 4 is 17.7 Å². The lowest BCUT2D eigenvalue weighted by Gasteiger charge is -2.19. The van der Waals surface area contributed by atoms with Gasteiger partial charge in [0.25, 0.3) is 0 Å². The SMILES string of the molecule is O=C(CSc1nnnn1-c1cccc(F)c1)N1CCCCCC1. The summed E-state index contributed by atoms with van der Waals surface area (Å²) in [6.07, 6.45) is 4.51. The van der Waals surface area contributed by atoms with Crippen molar-refractivity contribution in [3.05, 3.63) is 30.1 Å². The van der Waals surface area contributed by atoms with E-state index in [1.54, 1.807) is 12.1 Å². The number of aromatic nitrogens is 4. The number of nitrogens with zero attached hydrogens (tertiary/aromatic N) is 5. The molecular weight excluding hydrogens is 317 g/mol. The van der Waals surface area contributed by atoms with Crippen LogP contribution in [0.4, 0.5) is 4.39 Å². The van der Waals surface area contributed by atoms with Crippen molar-refractivity contribution in [2.24, 2.45) is 0 Å². The maximum absolute atomic E-state index is 13.3. The molecule has 3 rings (SSSR count). The molecular formula is C15H18FN5OS. The first-order valence-corrected chi connectivity index (χ1v) is 8.67. The third-order valence-corrected chi connectivity index (χ3v) is 4.68. The summed E-state index contributed by atoms with van der Waals surface area (Å²) in [6, 6.07) is 6.05. The Kier molecular flexibility index (Phi) is 5.22. The van der Waals surface area contributed by atoms with Crippen molar-refractivity contribution in [3.8, 4) is 5.69 Å². The van der Waals surface area contributed by atoms with E-state index >= 15 is 0 Å². The Morgan fingerprint density at radius 3 is 2.74 bits per heavy atom. The van der Waals surface area contributed by atoms with Crippen molar-refractivity contribution in [1.29, 1.82) is 0 Å². The zero-order valence-corrected chi connectivity index (χ0v) is 13.5.